The fourth-order valence-corrected chi connectivity index (χ4v) is 4.17. The molecule has 3 aromatic rings. The van der Waals surface area contributed by atoms with Gasteiger partial charge >= 0.3 is 0 Å². The number of carbonyl (C=O) groups excluding carboxylic acids is 2. The van der Waals surface area contributed by atoms with Crippen molar-refractivity contribution in [2.75, 3.05) is 38.0 Å². The van der Waals surface area contributed by atoms with Crippen molar-refractivity contribution in [3.05, 3.63) is 70.4 Å². The number of nitrogens with one attached hydrogen (secondary N) is 1. The highest BCUT2D eigenvalue weighted by molar-refractivity contribution is 5.99. The second kappa shape index (κ2) is 9.09. The number of anilines is 1. The molecule has 0 aliphatic carbocycles. The second-order valence-electron chi connectivity index (χ2n) is 8.68. The topological polar surface area (TPSA) is 65.5 Å². The van der Waals surface area contributed by atoms with Crippen molar-refractivity contribution in [1.82, 2.24) is 14.8 Å². The number of rotatable bonds is 4. The average Bonchev–Trinajstić information content (AvgIpc) is 2.77. The minimum absolute atomic E-state index is 0.0119. The predicted octanol–water partition coefficient (Wildman–Crippen LogP) is 3.86. The van der Waals surface area contributed by atoms with Crippen LogP contribution in [0, 0.1) is 27.7 Å². The molecule has 6 nitrogen and oxygen atoms in total. The Labute approximate surface area is 189 Å². The molecule has 1 N–H and O–H groups in total. The maximum absolute atomic E-state index is 13.2. The Balaban J connectivity index is 1.37. The molecule has 1 aliphatic rings. The number of benzene rings is 2. The first-order valence-corrected chi connectivity index (χ1v) is 11.1. The van der Waals surface area contributed by atoms with Crippen molar-refractivity contribution < 1.29 is 9.59 Å². The first-order chi connectivity index (χ1) is 15.3. The van der Waals surface area contributed by atoms with Gasteiger partial charge in [-0.25, -0.2) is 0 Å². The molecule has 6 heteroatoms. The van der Waals surface area contributed by atoms with Crippen LogP contribution < -0.4 is 5.32 Å². The van der Waals surface area contributed by atoms with Crippen molar-refractivity contribution in [3.63, 3.8) is 0 Å². The molecule has 2 aromatic carbocycles. The third kappa shape index (κ3) is 4.65. The van der Waals surface area contributed by atoms with Crippen LogP contribution in [0.3, 0.4) is 0 Å². The van der Waals surface area contributed by atoms with E-state index in [2.05, 4.69) is 21.3 Å². The lowest BCUT2D eigenvalue weighted by Crippen LogP contribution is -2.50. The Morgan fingerprint density at radius 1 is 0.969 bits per heavy atom. The van der Waals surface area contributed by atoms with E-state index in [1.165, 1.54) is 0 Å². The van der Waals surface area contributed by atoms with Gasteiger partial charge in [0.25, 0.3) is 5.91 Å². The number of pyridine rings is 1. The maximum atomic E-state index is 13.2. The van der Waals surface area contributed by atoms with E-state index in [1.807, 2.05) is 69.0 Å². The molecule has 2 amide bonds. The van der Waals surface area contributed by atoms with E-state index < -0.39 is 0 Å². The highest BCUT2D eigenvalue weighted by Crippen LogP contribution is 2.21. The quantitative estimate of drug-likeness (QED) is 0.683. The van der Waals surface area contributed by atoms with Crippen LogP contribution in [-0.2, 0) is 4.79 Å². The van der Waals surface area contributed by atoms with Gasteiger partial charge in [0.2, 0.25) is 5.91 Å². The lowest BCUT2D eigenvalue weighted by atomic mass is 10.1. The van der Waals surface area contributed by atoms with Crippen molar-refractivity contribution in [2.24, 2.45) is 0 Å². The standard InChI is InChI=1S/C26H30N4O2/c1-17-8-9-24-21(14-17)15-22(20(4)27-24)26(32)30-12-10-29(11-13-30)16-25(31)28-23-7-5-6-18(2)19(23)3/h5-9,14-15H,10-13,16H2,1-4H3,(H,28,31). The summed E-state index contributed by atoms with van der Waals surface area (Å²) in [6.45, 7) is 10.8. The van der Waals surface area contributed by atoms with E-state index >= 15 is 0 Å². The summed E-state index contributed by atoms with van der Waals surface area (Å²) < 4.78 is 0. The molecular formula is C26H30N4O2. The summed E-state index contributed by atoms with van der Waals surface area (Å²) in [5.74, 6) is -0.0127. The molecule has 166 valence electrons. The smallest absolute Gasteiger partial charge is 0.255 e. The number of aryl methyl sites for hydroxylation is 3. The van der Waals surface area contributed by atoms with Crippen molar-refractivity contribution in [1.29, 1.82) is 0 Å². The molecule has 4 rings (SSSR count). The van der Waals surface area contributed by atoms with Gasteiger partial charge in [-0.3, -0.25) is 19.5 Å². The van der Waals surface area contributed by atoms with Gasteiger partial charge in [-0.05, 0) is 63.1 Å². The number of amides is 2. The normalized spacial score (nSPS) is 14.6. The van der Waals surface area contributed by atoms with Gasteiger partial charge in [-0.1, -0.05) is 23.8 Å². The Hall–Kier alpha value is -3.25. The van der Waals surface area contributed by atoms with E-state index in [0.29, 0.717) is 38.3 Å². The third-order valence-electron chi connectivity index (χ3n) is 6.30. The minimum atomic E-state index is -0.0246. The van der Waals surface area contributed by atoms with E-state index in [0.717, 1.165) is 39.0 Å². The minimum Gasteiger partial charge on any atom is -0.336 e. The summed E-state index contributed by atoms with van der Waals surface area (Å²) in [7, 11) is 0. The fourth-order valence-electron chi connectivity index (χ4n) is 4.17. The highest BCUT2D eigenvalue weighted by atomic mass is 16.2. The van der Waals surface area contributed by atoms with Gasteiger partial charge in [-0.2, -0.15) is 0 Å². The van der Waals surface area contributed by atoms with Gasteiger partial charge < -0.3 is 10.2 Å². The second-order valence-corrected chi connectivity index (χ2v) is 8.68. The summed E-state index contributed by atoms with van der Waals surface area (Å²) in [6.07, 6.45) is 0. The molecule has 0 atom stereocenters. The molecule has 1 aromatic heterocycles. The van der Waals surface area contributed by atoms with Gasteiger partial charge in [0.1, 0.15) is 0 Å². The van der Waals surface area contributed by atoms with Crippen LogP contribution in [0.4, 0.5) is 5.69 Å². The Bertz CT molecular complexity index is 1180. The summed E-state index contributed by atoms with van der Waals surface area (Å²) in [5.41, 5.74) is 6.57. The number of carbonyl (C=O) groups is 2. The molecule has 32 heavy (non-hydrogen) atoms. The van der Waals surface area contributed by atoms with Crippen molar-refractivity contribution in [2.45, 2.75) is 27.7 Å². The number of piperazine rings is 1. The summed E-state index contributed by atoms with van der Waals surface area (Å²) in [6, 6.07) is 14.0. The van der Waals surface area contributed by atoms with Gasteiger partial charge in [0.05, 0.1) is 23.3 Å². The average molecular weight is 431 g/mol. The SMILES string of the molecule is Cc1ccc2nc(C)c(C(=O)N3CCN(CC(=O)Nc4cccc(C)c4C)CC3)cc2c1. The van der Waals surface area contributed by atoms with E-state index in [4.69, 9.17) is 0 Å². The summed E-state index contributed by atoms with van der Waals surface area (Å²) in [5, 5.41) is 4.00. The summed E-state index contributed by atoms with van der Waals surface area (Å²) in [4.78, 5) is 34.3. The van der Waals surface area contributed by atoms with Crippen LogP contribution in [0.2, 0.25) is 0 Å². The van der Waals surface area contributed by atoms with Crippen molar-refractivity contribution in [3.8, 4) is 0 Å². The Morgan fingerprint density at radius 3 is 2.47 bits per heavy atom. The molecule has 0 unspecified atom stereocenters. The first-order valence-electron chi connectivity index (χ1n) is 11.1. The number of aromatic nitrogens is 1. The fraction of sp³-hybridized carbons (Fsp3) is 0.346. The molecule has 1 saturated heterocycles. The van der Waals surface area contributed by atoms with Crippen LogP contribution in [0.15, 0.2) is 42.5 Å². The van der Waals surface area contributed by atoms with E-state index in [-0.39, 0.29) is 11.8 Å². The Kier molecular flexibility index (Phi) is 6.24. The molecule has 1 aliphatic heterocycles. The molecule has 1 fully saturated rings. The van der Waals surface area contributed by atoms with Crippen LogP contribution in [0.1, 0.15) is 32.7 Å². The number of fused-ring (bicyclic) bond motifs is 1. The predicted molar refractivity (Wildman–Crippen MR) is 128 cm³/mol. The zero-order valence-corrected chi connectivity index (χ0v) is 19.2. The van der Waals surface area contributed by atoms with Crippen molar-refractivity contribution >= 4 is 28.4 Å². The summed E-state index contributed by atoms with van der Waals surface area (Å²) >= 11 is 0. The zero-order valence-electron chi connectivity index (χ0n) is 19.2. The maximum Gasteiger partial charge on any atom is 0.255 e. The highest BCUT2D eigenvalue weighted by Gasteiger charge is 2.25. The third-order valence-corrected chi connectivity index (χ3v) is 6.30. The molecular weight excluding hydrogens is 400 g/mol. The number of nitrogens with zero attached hydrogens (tertiary/aromatic N) is 3. The zero-order chi connectivity index (χ0) is 22.8. The number of hydrogen-bond acceptors (Lipinski definition) is 4. The van der Waals surface area contributed by atoms with Gasteiger partial charge in [0.15, 0.2) is 0 Å². The first kappa shape index (κ1) is 22.0. The molecule has 2 heterocycles. The van der Waals surface area contributed by atoms with Crippen LogP contribution in [0.25, 0.3) is 10.9 Å². The van der Waals surface area contributed by atoms with E-state index in [1.54, 1.807) is 0 Å². The van der Waals surface area contributed by atoms with Gasteiger partial charge in [0, 0.05) is 37.3 Å². The van der Waals surface area contributed by atoms with Crippen LogP contribution in [0.5, 0.6) is 0 Å². The largest absolute Gasteiger partial charge is 0.336 e. The monoisotopic (exact) mass is 430 g/mol. The molecule has 0 radical (unpaired) electrons. The van der Waals surface area contributed by atoms with Gasteiger partial charge in [-0.15, -0.1) is 0 Å². The molecule has 0 bridgehead atoms. The molecule has 0 spiro atoms. The Morgan fingerprint density at radius 2 is 1.72 bits per heavy atom. The lowest BCUT2D eigenvalue weighted by molar-refractivity contribution is -0.117. The lowest BCUT2D eigenvalue weighted by Gasteiger charge is -2.34. The van der Waals surface area contributed by atoms with Crippen LogP contribution in [-0.4, -0.2) is 59.3 Å². The van der Waals surface area contributed by atoms with E-state index in [9.17, 15) is 9.59 Å². The van der Waals surface area contributed by atoms with Crippen LogP contribution >= 0.6 is 0 Å². The molecule has 0 saturated carbocycles. The number of hydrogen-bond donors (Lipinski definition) is 1.